The van der Waals surface area contributed by atoms with Crippen molar-refractivity contribution in [1.82, 2.24) is 0 Å². The number of carbonyl (C=O) groups excluding carboxylic acids is 1. The molecule has 0 aromatic heterocycles. The first-order valence-electron chi connectivity index (χ1n) is 21.0. The van der Waals surface area contributed by atoms with Crippen LogP contribution in [0.2, 0.25) is 0 Å². The van der Waals surface area contributed by atoms with Gasteiger partial charge in [0.05, 0.1) is 13.2 Å². The molecule has 0 heterocycles. The minimum atomic E-state index is -5.01. The Labute approximate surface area is 320 Å². The number of ether oxygens (including phenoxy) is 2. The van der Waals surface area contributed by atoms with Crippen LogP contribution < -0.4 is 0 Å². The Kier molecular flexibility index (Phi) is 30.4. The number of unbranched alkanes of at least 4 members (excludes halogenated alkanes) is 21. The highest BCUT2D eigenvalue weighted by Gasteiger charge is 2.51. The fourth-order valence-electron chi connectivity index (χ4n) is 6.47. The van der Waals surface area contributed by atoms with Gasteiger partial charge in [0.1, 0.15) is 42.7 Å². The van der Waals surface area contributed by atoms with E-state index in [4.69, 9.17) is 18.5 Å². The first-order chi connectivity index (χ1) is 25.5. The highest BCUT2D eigenvalue weighted by molar-refractivity contribution is 7.47. The number of aliphatic hydroxyl groups excluding tert-OH is 5. The van der Waals surface area contributed by atoms with Gasteiger partial charge in [-0.15, -0.1) is 0 Å². The molecule has 1 rings (SSSR count). The third-order valence-corrected chi connectivity index (χ3v) is 10.9. The SMILES string of the molecule is CCCCCC/C=C\CCCCCCCCOCC(COP(=O)(O)OC1C(O)C(O)C(O)C(O)C1O)OC(=O)CCCCCCCCCCCCCC. The molecule has 53 heavy (non-hydrogen) atoms. The Morgan fingerprint density at radius 3 is 1.51 bits per heavy atom. The third kappa shape index (κ3) is 25.1. The van der Waals surface area contributed by atoms with Crippen molar-refractivity contribution in [2.75, 3.05) is 19.8 Å². The van der Waals surface area contributed by atoms with Gasteiger partial charge in [0, 0.05) is 13.0 Å². The zero-order valence-electron chi connectivity index (χ0n) is 33.1. The van der Waals surface area contributed by atoms with Crippen LogP contribution in [-0.2, 0) is 27.9 Å². The van der Waals surface area contributed by atoms with Crippen molar-refractivity contribution in [3.05, 3.63) is 12.2 Å². The van der Waals surface area contributed by atoms with Crippen LogP contribution in [0.5, 0.6) is 0 Å². The molecule has 1 fully saturated rings. The molecular formula is C40H77O12P. The number of phosphoric ester groups is 1. The Morgan fingerprint density at radius 1 is 0.585 bits per heavy atom. The van der Waals surface area contributed by atoms with E-state index >= 15 is 0 Å². The molecule has 0 aliphatic heterocycles. The summed E-state index contributed by atoms with van der Waals surface area (Å²) < 4.78 is 34.0. The molecule has 6 N–H and O–H groups in total. The summed E-state index contributed by atoms with van der Waals surface area (Å²) in [5.41, 5.74) is 0. The van der Waals surface area contributed by atoms with Gasteiger partial charge in [-0.25, -0.2) is 4.57 Å². The number of rotatable bonds is 35. The van der Waals surface area contributed by atoms with Gasteiger partial charge in [0.15, 0.2) is 0 Å². The van der Waals surface area contributed by atoms with E-state index in [1.54, 1.807) is 0 Å². The molecule has 6 atom stereocenters. The molecule has 1 saturated carbocycles. The third-order valence-electron chi connectivity index (χ3n) is 9.89. The van der Waals surface area contributed by atoms with Gasteiger partial charge >= 0.3 is 13.8 Å². The summed E-state index contributed by atoms with van der Waals surface area (Å²) in [4.78, 5) is 23.0. The molecule has 0 radical (unpaired) electrons. The molecule has 0 spiro atoms. The van der Waals surface area contributed by atoms with Crippen LogP contribution in [0.4, 0.5) is 0 Å². The van der Waals surface area contributed by atoms with Gasteiger partial charge in [0.2, 0.25) is 0 Å². The van der Waals surface area contributed by atoms with Gasteiger partial charge in [-0.2, -0.15) is 0 Å². The van der Waals surface area contributed by atoms with E-state index in [1.165, 1.54) is 96.3 Å². The fraction of sp³-hybridized carbons (Fsp3) is 0.925. The first kappa shape index (κ1) is 50.1. The average molecular weight is 781 g/mol. The van der Waals surface area contributed by atoms with Crippen LogP contribution in [0.1, 0.15) is 174 Å². The number of phosphoric acid groups is 1. The van der Waals surface area contributed by atoms with E-state index in [0.29, 0.717) is 13.0 Å². The summed E-state index contributed by atoms with van der Waals surface area (Å²) >= 11 is 0. The monoisotopic (exact) mass is 781 g/mol. The van der Waals surface area contributed by atoms with E-state index in [-0.39, 0.29) is 13.0 Å². The van der Waals surface area contributed by atoms with Crippen molar-refractivity contribution in [2.45, 2.75) is 217 Å². The second kappa shape index (κ2) is 32.2. The van der Waals surface area contributed by atoms with Crippen LogP contribution in [0.25, 0.3) is 0 Å². The number of hydrogen-bond acceptors (Lipinski definition) is 11. The zero-order valence-corrected chi connectivity index (χ0v) is 34.0. The van der Waals surface area contributed by atoms with E-state index in [9.17, 15) is 39.8 Å². The maximum Gasteiger partial charge on any atom is 0.472 e. The van der Waals surface area contributed by atoms with Crippen molar-refractivity contribution >= 4 is 13.8 Å². The lowest BCUT2D eigenvalue weighted by Gasteiger charge is -2.41. The number of allylic oxidation sites excluding steroid dienone is 2. The molecule has 1 aliphatic rings. The smallest absolute Gasteiger partial charge is 0.457 e. The zero-order chi connectivity index (χ0) is 39.2. The summed E-state index contributed by atoms with van der Waals surface area (Å²) in [7, 11) is -5.01. The molecule has 0 aromatic carbocycles. The topological polar surface area (TPSA) is 192 Å². The first-order valence-corrected chi connectivity index (χ1v) is 22.5. The molecule has 314 valence electrons. The second-order valence-electron chi connectivity index (χ2n) is 14.8. The Bertz CT molecular complexity index is 937. The van der Waals surface area contributed by atoms with Crippen LogP contribution in [0.3, 0.4) is 0 Å². The van der Waals surface area contributed by atoms with E-state index in [2.05, 4.69) is 26.0 Å². The Balaban J connectivity index is 2.44. The number of esters is 1. The molecule has 13 heteroatoms. The summed E-state index contributed by atoms with van der Waals surface area (Å²) in [6.07, 6.45) is 20.0. The van der Waals surface area contributed by atoms with Crippen molar-refractivity contribution in [1.29, 1.82) is 0 Å². The molecule has 6 unspecified atom stereocenters. The number of carbonyl (C=O) groups is 1. The predicted molar refractivity (Wildman–Crippen MR) is 207 cm³/mol. The maximum absolute atomic E-state index is 12.8. The Hall–Kier alpha value is -0.920. The van der Waals surface area contributed by atoms with Crippen LogP contribution in [-0.4, -0.2) is 98.9 Å². The largest absolute Gasteiger partial charge is 0.472 e. The summed E-state index contributed by atoms with van der Waals surface area (Å²) in [6, 6.07) is 0. The average Bonchev–Trinajstić information content (AvgIpc) is 3.14. The quantitative estimate of drug-likeness (QED) is 0.0160. The van der Waals surface area contributed by atoms with Crippen molar-refractivity contribution in [2.24, 2.45) is 0 Å². The normalized spacial score (nSPS) is 23.7. The lowest BCUT2D eigenvalue weighted by atomic mass is 9.85. The summed E-state index contributed by atoms with van der Waals surface area (Å²) in [6.45, 7) is 4.22. The van der Waals surface area contributed by atoms with E-state index in [1.807, 2.05) is 0 Å². The van der Waals surface area contributed by atoms with Crippen molar-refractivity contribution in [3.8, 4) is 0 Å². The van der Waals surface area contributed by atoms with Crippen LogP contribution in [0.15, 0.2) is 12.2 Å². The molecule has 1 aliphatic carbocycles. The highest BCUT2D eigenvalue weighted by Crippen LogP contribution is 2.47. The maximum atomic E-state index is 12.8. The summed E-state index contributed by atoms with van der Waals surface area (Å²) in [5.74, 6) is -0.479. The molecular weight excluding hydrogens is 703 g/mol. The van der Waals surface area contributed by atoms with Gasteiger partial charge in [-0.1, -0.05) is 142 Å². The minimum Gasteiger partial charge on any atom is -0.457 e. The van der Waals surface area contributed by atoms with E-state index < -0.39 is 63.1 Å². The Morgan fingerprint density at radius 2 is 1.00 bits per heavy atom. The molecule has 0 saturated heterocycles. The molecule has 0 bridgehead atoms. The number of aliphatic hydroxyl groups is 5. The molecule has 12 nitrogen and oxygen atoms in total. The molecule has 0 aromatic rings. The molecule has 0 amide bonds. The highest BCUT2D eigenvalue weighted by atomic mass is 31.2. The summed E-state index contributed by atoms with van der Waals surface area (Å²) in [5, 5.41) is 50.0. The minimum absolute atomic E-state index is 0.0761. The van der Waals surface area contributed by atoms with Gasteiger partial charge < -0.3 is 39.9 Å². The standard InChI is InChI=1S/C40H77O12P/c1-3-5-7-9-11-13-15-17-18-20-22-24-26-28-30-49-31-33(51-34(41)29-27-25-23-21-19-16-14-12-10-8-6-4-2)32-50-53(47,48)52-40-38(45)36(43)35(42)37(44)39(40)46/h13,15,33,35-40,42-46H,3-12,14,16-32H2,1-2H3,(H,47,48)/b15-13-. The lowest BCUT2D eigenvalue weighted by Crippen LogP contribution is -2.64. The van der Waals surface area contributed by atoms with Crippen molar-refractivity contribution < 1.29 is 58.3 Å². The van der Waals surface area contributed by atoms with Gasteiger partial charge in [0.25, 0.3) is 0 Å². The van der Waals surface area contributed by atoms with Gasteiger partial charge in [-0.3, -0.25) is 13.8 Å². The van der Waals surface area contributed by atoms with Crippen molar-refractivity contribution in [3.63, 3.8) is 0 Å². The van der Waals surface area contributed by atoms with Crippen LogP contribution in [0, 0.1) is 0 Å². The predicted octanol–water partition coefficient (Wildman–Crippen LogP) is 7.58. The van der Waals surface area contributed by atoms with E-state index in [0.717, 1.165) is 51.4 Å². The van der Waals surface area contributed by atoms with Gasteiger partial charge in [-0.05, 0) is 38.5 Å². The number of hydrogen-bond donors (Lipinski definition) is 6. The van der Waals surface area contributed by atoms with Crippen LogP contribution >= 0.6 is 7.82 Å². The second-order valence-corrected chi connectivity index (χ2v) is 16.3. The fourth-order valence-corrected chi connectivity index (χ4v) is 7.44. The lowest BCUT2D eigenvalue weighted by molar-refractivity contribution is -0.220.